The molecule has 0 bridgehead atoms. The van der Waals surface area contributed by atoms with E-state index in [2.05, 4.69) is 20.5 Å². The highest BCUT2D eigenvalue weighted by Gasteiger charge is 2.26. The van der Waals surface area contributed by atoms with Crippen molar-refractivity contribution >= 4 is 34.0 Å². The number of para-hydroxylation sites is 1. The third-order valence-corrected chi connectivity index (χ3v) is 6.02. The number of carbonyl (C=O) groups excluding carboxylic acids is 2. The van der Waals surface area contributed by atoms with Crippen molar-refractivity contribution in [2.45, 2.75) is 12.8 Å². The summed E-state index contributed by atoms with van der Waals surface area (Å²) in [7, 11) is 0. The summed E-state index contributed by atoms with van der Waals surface area (Å²) in [6.45, 7) is 1.65. The minimum atomic E-state index is -0.297. The monoisotopic (exact) mass is 438 g/mol. The van der Waals surface area contributed by atoms with Gasteiger partial charge in [-0.25, -0.2) is 9.37 Å². The van der Waals surface area contributed by atoms with Gasteiger partial charge in [-0.1, -0.05) is 18.2 Å². The highest BCUT2D eigenvalue weighted by Crippen LogP contribution is 2.25. The van der Waals surface area contributed by atoms with E-state index in [1.807, 2.05) is 35.7 Å². The second kappa shape index (κ2) is 9.80. The summed E-state index contributed by atoms with van der Waals surface area (Å²) in [4.78, 5) is 31.3. The van der Waals surface area contributed by atoms with E-state index in [0.717, 1.165) is 24.1 Å². The summed E-state index contributed by atoms with van der Waals surface area (Å²) in [5, 5.41) is 8.13. The third-order valence-electron chi connectivity index (χ3n) is 5.26. The van der Waals surface area contributed by atoms with Crippen molar-refractivity contribution in [3.63, 3.8) is 0 Å². The number of nitrogens with one attached hydrogen (secondary N) is 2. The number of likely N-dealkylation sites (tertiary alicyclic amines) is 1. The molecule has 0 unspecified atom stereocenters. The van der Waals surface area contributed by atoms with Crippen LogP contribution in [0.1, 0.15) is 12.8 Å². The molecule has 0 radical (unpaired) electrons. The van der Waals surface area contributed by atoms with Crippen molar-refractivity contribution in [3.05, 3.63) is 65.8 Å². The maximum Gasteiger partial charge on any atom is 0.240 e. The molecule has 0 spiro atoms. The van der Waals surface area contributed by atoms with Crippen LogP contribution in [0.15, 0.2) is 60.0 Å². The van der Waals surface area contributed by atoms with Crippen molar-refractivity contribution in [2.75, 3.05) is 30.3 Å². The summed E-state index contributed by atoms with van der Waals surface area (Å²) in [5.41, 5.74) is 2.30. The van der Waals surface area contributed by atoms with Crippen molar-refractivity contribution in [3.8, 4) is 11.3 Å². The van der Waals surface area contributed by atoms with Crippen molar-refractivity contribution in [2.24, 2.45) is 5.92 Å². The van der Waals surface area contributed by atoms with E-state index in [4.69, 9.17) is 0 Å². The zero-order valence-electron chi connectivity index (χ0n) is 16.9. The number of aromatic nitrogens is 1. The molecule has 160 valence electrons. The van der Waals surface area contributed by atoms with E-state index in [9.17, 15) is 14.0 Å². The van der Waals surface area contributed by atoms with Crippen LogP contribution in [0.2, 0.25) is 0 Å². The van der Waals surface area contributed by atoms with E-state index in [1.165, 1.54) is 23.5 Å². The van der Waals surface area contributed by atoms with Crippen LogP contribution in [0.3, 0.4) is 0 Å². The van der Waals surface area contributed by atoms with Gasteiger partial charge in [-0.2, -0.15) is 0 Å². The molecular weight excluding hydrogens is 415 g/mol. The number of thiazole rings is 1. The molecule has 1 aliphatic heterocycles. The first kappa shape index (κ1) is 21.1. The highest BCUT2D eigenvalue weighted by atomic mass is 32.1. The Balaban J connectivity index is 1.23. The van der Waals surface area contributed by atoms with Gasteiger partial charge in [-0.15, -0.1) is 11.3 Å². The van der Waals surface area contributed by atoms with Crippen LogP contribution in [0, 0.1) is 11.7 Å². The number of hydrogen-bond donors (Lipinski definition) is 2. The van der Waals surface area contributed by atoms with E-state index in [1.54, 1.807) is 12.1 Å². The molecule has 2 aromatic carbocycles. The van der Waals surface area contributed by atoms with Crippen molar-refractivity contribution in [1.29, 1.82) is 0 Å². The van der Waals surface area contributed by atoms with Gasteiger partial charge >= 0.3 is 0 Å². The Kier molecular flexibility index (Phi) is 6.69. The maximum absolute atomic E-state index is 13.1. The molecule has 3 aromatic rings. The lowest BCUT2D eigenvalue weighted by Gasteiger charge is -2.30. The Morgan fingerprint density at radius 1 is 1.03 bits per heavy atom. The second-order valence-corrected chi connectivity index (χ2v) is 8.36. The predicted octanol–water partition coefficient (Wildman–Crippen LogP) is 4.24. The predicted molar refractivity (Wildman–Crippen MR) is 120 cm³/mol. The minimum Gasteiger partial charge on any atom is -0.326 e. The van der Waals surface area contributed by atoms with Gasteiger partial charge in [0.25, 0.3) is 0 Å². The van der Waals surface area contributed by atoms with Gasteiger partial charge in [0.1, 0.15) is 5.82 Å². The zero-order chi connectivity index (χ0) is 21.6. The molecule has 1 saturated heterocycles. The quantitative estimate of drug-likeness (QED) is 0.604. The molecule has 2 N–H and O–H groups in total. The van der Waals surface area contributed by atoms with Gasteiger partial charge < -0.3 is 10.6 Å². The second-order valence-electron chi connectivity index (χ2n) is 7.50. The number of halogens is 1. The van der Waals surface area contributed by atoms with Crippen LogP contribution in [0.5, 0.6) is 0 Å². The van der Waals surface area contributed by atoms with E-state index >= 15 is 0 Å². The number of amides is 2. The normalized spacial score (nSPS) is 14.9. The average molecular weight is 439 g/mol. The molecule has 31 heavy (non-hydrogen) atoms. The van der Waals surface area contributed by atoms with Crippen molar-refractivity contribution < 1.29 is 14.0 Å². The Hall–Kier alpha value is -3.10. The number of carbonyl (C=O) groups is 2. The molecule has 6 nitrogen and oxygen atoms in total. The van der Waals surface area contributed by atoms with Crippen LogP contribution >= 0.6 is 11.3 Å². The maximum atomic E-state index is 13.1. The Labute approximate surface area is 184 Å². The molecular formula is C23H23FN4O2S. The molecule has 0 aliphatic carbocycles. The lowest BCUT2D eigenvalue weighted by Crippen LogP contribution is -2.41. The Bertz CT molecular complexity index is 1030. The SMILES string of the molecule is O=C(CN1CCC(C(=O)Nc2ccccc2)CC1)Nc1nc(-c2ccc(F)cc2)cs1. The topological polar surface area (TPSA) is 74.3 Å². The molecule has 1 aliphatic rings. The lowest BCUT2D eigenvalue weighted by molar-refractivity contribution is -0.121. The number of rotatable bonds is 6. The minimum absolute atomic E-state index is 0.0337. The fourth-order valence-corrected chi connectivity index (χ4v) is 4.30. The first-order valence-corrected chi connectivity index (χ1v) is 11.0. The fourth-order valence-electron chi connectivity index (χ4n) is 3.57. The first-order valence-electron chi connectivity index (χ1n) is 10.2. The van der Waals surface area contributed by atoms with Crippen LogP contribution in [0.25, 0.3) is 11.3 Å². The zero-order valence-corrected chi connectivity index (χ0v) is 17.7. The number of piperidine rings is 1. The van der Waals surface area contributed by atoms with Gasteiger partial charge in [0.15, 0.2) is 5.13 Å². The molecule has 0 saturated carbocycles. The smallest absolute Gasteiger partial charge is 0.240 e. The van der Waals surface area contributed by atoms with Gasteiger partial charge in [0.2, 0.25) is 11.8 Å². The Morgan fingerprint density at radius 3 is 2.45 bits per heavy atom. The van der Waals surface area contributed by atoms with E-state index < -0.39 is 0 Å². The van der Waals surface area contributed by atoms with Crippen molar-refractivity contribution in [1.82, 2.24) is 9.88 Å². The number of hydrogen-bond acceptors (Lipinski definition) is 5. The van der Waals surface area contributed by atoms with Crippen LogP contribution in [-0.4, -0.2) is 41.3 Å². The molecule has 2 amide bonds. The molecule has 1 fully saturated rings. The van der Waals surface area contributed by atoms with Gasteiger partial charge in [0, 0.05) is 22.5 Å². The molecule has 8 heteroatoms. The highest BCUT2D eigenvalue weighted by molar-refractivity contribution is 7.14. The largest absolute Gasteiger partial charge is 0.326 e. The standard InChI is InChI=1S/C23H23FN4O2S/c24-18-8-6-16(7-9-18)20-15-31-23(26-20)27-21(29)14-28-12-10-17(11-13-28)22(30)25-19-4-2-1-3-5-19/h1-9,15,17H,10-14H2,(H,25,30)(H,26,27,29). The van der Waals surface area contributed by atoms with Crippen LogP contribution < -0.4 is 10.6 Å². The third kappa shape index (κ3) is 5.74. The van der Waals surface area contributed by atoms with Gasteiger partial charge in [-0.3, -0.25) is 14.5 Å². The fraction of sp³-hybridized carbons (Fsp3) is 0.261. The first-order chi connectivity index (χ1) is 15.1. The van der Waals surface area contributed by atoms with Crippen LogP contribution in [0.4, 0.5) is 15.2 Å². The molecule has 4 rings (SSSR count). The number of anilines is 2. The summed E-state index contributed by atoms with van der Waals surface area (Å²) in [6.07, 6.45) is 1.44. The molecule has 2 heterocycles. The summed E-state index contributed by atoms with van der Waals surface area (Å²) in [6, 6.07) is 15.5. The molecule has 0 atom stereocenters. The lowest BCUT2D eigenvalue weighted by atomic mass is 9.96. The van der Waals surface area contributed by atoms with E-state index in [0.29, 0.717) is 23.9 Å². The summed E-state index contributed by atoms with van der Waals surface area (Å²) >= 11 is 1.34. The molecule has 1 aromatic heterocycles. The Morgan fingerprint density at radius 2 is 1.74 bits per heavy atom. The van der Waals surface area contributed by atoms with Crippen LogP contribution in [-0.2, 0) is 9.59 Å². The van der Waals surface area contributed by atoms with Gasteiger partial charge in [0.05, 0.1) is 12.2 Å². The summed E-state index contributed by atoms with van der Waals surface area (Å²) in [5.74, 6) is -0.441. The van der Waals surface area contributed by atoms with E-state index in [-0.39, 0.29) is 30.1 Å². The number of benzene rings is 2. The average Bonchev–Trinajstić information content (AvgIpc) is 3.23. The number of nitrogens with zero attached hydrogens (tertiary/aromatic N) is 2. The summed E-state index contributed by atoms with van der Waals surface area (Å²) < 4.78 is 13.1. The van der Waals surface area contributed by atoms with Gasteiger partial charge in [-0.05, 0) is 62.3 Å².